The summed E-state index contributed by atoms with van der Waals surface area (Å²) in [7, 11) is 0. The second-order valence-electron chi connectivity index (χ2n) is 6.24. The molecule has 4 rings (SSSR count). The number of rotatable bonds is 3. The van der Waals surface area contributed by atoms with Gasteiger partial charge in [-0.3, -0.25) is 4.98 Å². The summed E-state index contributed by atoms with van der Waals surface area (Å²) in [4.78, 5) is 15.9. The van der Waals surface area contributed by atoms with Crippen molar-refractivity contribution < 1.29 is 23.1 Å². The number of hydrogen-bond acceptors (Lipinski definition) is 2. The molecule has 0 radical (unpaired) electrons. The van der Waals surface area contributed by atoms with Gasteiger partial charge in [-0.1, -0.05) is 18.2 Å². The fourth-order valence-corrected chi connectivity index (χ4v) is 3.21. The first-order valence-electron chi connectivity index (χ1n) is 8.10. The highest BCUT2D eigenvalue weighted by atomic mass is 19.4. The Bertz CT molecular complexity index is 1180. The topological polar surface area (TPSA) is 55.1 Å². The molecule has 0 spiro atoms. The van der Waals surface area contributed by atoms with Crippen molar-refractivity contribution in [2.45, 2.75) is 12.7 Å². The van der Waals surface area contributed by atoms with E-state index in [4.69, 9.17) is 0 Å². The highest BCUT2D eigenvalue weighted by Gasteiger charge is 2.32. The molecule has 136 valence electrons. The Morgan fingerprint density at radius 1 is 1.07 bits per heavy atom. The van der Waals surface area contributed by atoms with Gasteiger partial charge in [0.15, 0.2) is 0 Å². The molecular weight excluding hydrogens is 357 g/mol. The molecule has 0 atom stereocenters. The molecule has 7 heteroatoms. The first-order chi connectivity index (χ1) is 12.8. The van der Waals surface area contributed by atoms with Gasteiger partial charge in [0.05, 0.1) is 22.2 Å². The monoisotopic (exact) mass is 370 g/mol. The number of alkyl halides is 3. The van der Waals surface area contributed by atoms with Gasteiger partial charge in [0.1, 0.15) is 0 Å². The second kappa shape index (κ2) is 6.12. The first kappa shape index (κ1) is 17.1. The van der Waals surface area contributed by atoms with Gasteiger partial charge in [0.2, 0.25) is 0 Å². The number of hydrogen-bond donors (Lipinski definition) is 1. The van der Waals surface area contributed by atoms with Crippen molar-refractivity contribution in [2.24, 2.45) is 0 Å². The van der Waals surface area contributed by atoms with Gasteiger partial charge in [-0.05, 0) is 35.9 Å². The van der Waals surface area contributed by atoms with Gasteiger partial charge in [-0.2, -0.15) is 13.2 Å². The van der Waals surface area contributed by atoms with E-state index in [-0.39, 0.29) is 16.5 Å². The van der Waals surface area contributed by atoms with Gasteiger partial charge in [0, 0.05) is 29.7 Å². The normalized spacial score (nSPS) is 12.0. The zero-order valence-electron chi connectivity index (χ0n) is 13.9. The maximum atomic E-state index is 13.1. The molecule has 4 aromatic rings. The number of fused-ring (bicyclic) bond motifs is 2. The number of carbonyl (C=O) groups is 1. The van der Waals surface area contributed by atoms with Crippen molar-refractivity contribution >= 4 is 27.8 Å². The molecule has 2 aromatic heterocycles. The molecule has 0 aliphatic heterocycles. The Balaban J connectivity index is 1.83. The summed E-state index contributed by atoms with van der Waals surface area (Å²) in [6.45, 7) is 0.321. The summed E-state index contributed by atoms with van der Waals surface area (Å²) >= 11 is 0. The Labute approximate surface area is 151 Å². The molecule has 4 nitrogen and oxygen atoms in total. The summed E-state index contributed by atoms with van der Waals surface area (Å²) in [6, 6.07) is 12.6. The third-order valence-corrected chi connectivity index (χ3v) is 4.44. The lowest BCUT2D eigenvalue weighted by Gasteiger charge is -2.12. The van der Waals surface area contributed by atoms with Crippen LogP contribution in [0.2, 0.25) is 0 Å². The molecule has 0 bridgehead atoms. The Kier molecular flexibility index (Phi) is 3.87. The van der Waals surface area contributed by atoms with Gasteiger partial charge in [0.25, 0.3) is 0 Å². The van der Waals surface area contributed by atoms with E-state index in [9.17, 15) is 23.1 Å². The summed E-state index contributed by atoms with van der Waals surface area (Å²) in [5.41, 5.74) is 0.583. The number of carboxylic acids is 1. The molecule has 2 aromatic carbocycles. The number of pyridine rings is 1. The van der Waals surface area contributed by atoms with E-state index in [0.29, 0.717) is 12.6 Å². The van der Waals surface area contributed by atoms with Crippen molar-refractivity contribution in [3.63, 3.8) is 0 Å². The second-order valence-corrected chi connectivity index (χ2v) is 6.24. The van der Waals surface area contributed by atoms with Crippen LogP contribution >= 0.6 is 0 Å². The SMILES string of the molecule is O=C(O)c1cc(C(F)(F)F)cc2ccn(Cc3ccc4cccnc4c3)c12. The number of halogens is 3. The molecular formula is C20H13F3N2O2. The van der Waals surface area contributed by atoms with Crippen LogP contribution < -0.4 is 0 Å². The maximum Gasteiger partial charge on any atom is 0.416 e. The van der Waals surface area contributed by atoms with E-state index >= 15 is 0 Å². The molecule has 0 unspecified atom stereocenters. The largest absolute Gasteiger partial charge is 0.478 e. The lowest BCUT2D eigenvalue weighted by atomic mass is 10.1. The molecule has 0 aliphatic rings. The minimum absolute atomic E-state index is 0.237. The summed E-state index contributed by atoms with van der Waals surface area (Å²) in [5, 5.41) is 10.6. The Morgan fingerprint density at radius 2 is 1.89 bits per heavy atom. The number of aromatic carboxylic acids is 1. The molecule has 1 N–H and O–H groups in total. The van der Waals surface area contributed by atoms with E-state index in [1.165, 1.54) is 6.07 Å². The van der Waals surface area contributed by atoms with Gasteiger partial charge >= 0.3 is 12.1 Å². The quantitative estimate of drug-likeness (QED) is 0.555. The number of aromatic nitrogens is 2. The van der Waals surface area contributed by atoms with Crippen LogP contribution in [0, 0.1) is 0 Å². The summed E-state index contributed by atoms with van der Waals surface area (Å²) < 4.78 is 40.8. The minimum atomic E-state index is -4.61. The highest BCUT2D eigenvalue weighted by Crippen LogP contribution is 2.34. The van der Waals surface area contributed by atoms with Crippen LogP contribution in [0.3, 0.4) is 0 Å². The fraction of sp³-hybridized carbons (Fsp3) is 0.100. The molecule has 0 aliphatic carbocycles. The molecule has 0 saturated heterocycles. The van der Waals surface area contributed by atoms with Crippen LogP contribution in [-0.2, 0) is 12.7 Å². The molecule has 0 fully saturated rings. The molecule has 27 heavy (non-hydrogen) atoms. The van der Waals surface area contributed by atoms with Crippen LogP contribution in [-0.4, -0.2) is 20.6 Å². The lowest BCUT2D eigenvalue weighted by Crippen LogP contribution is -2.10. The average Bonchev–Trinajstić information content (AvgIpc) is 3.03. The van der Waals surface area contributed by atoms with E-state index < -0.39 is 17.7 Å². The van der Waals surface area contributed by atoms with Gasteiger partial charge in [-0.15, -0.1) is 0 Å². The highest BCUT2D eigenvalue weighted by molar-refractivity contribution is 6.03. The predicted molar refractivity (Wildman–Crippen MR) is 94.7 cm³/mol. The first-order valence-corrected chi connectivity index (χ1v) is 8.10. The smallest absolute Gasteiger partial charge is 0.416 e. The van der Waals surface area contributed by atoms with Crippen molar-refractivity contribution in [1.82, 2.24) is 9.55 Å². The molecule has 0 amide bonds. The maximum absolute atomic E-state index is 13.1. The fourth-order valence-electron chi connectivity index (χ4n) is 3.21. The Hall–Kier alpha value is -3.35. The Morgan fingerprint density at radius 3 is 2.63 bits per heavy atom. The third kappa shape index (κ3) is 3.12. The summed E-state index contributed by atoms with van der Waals surface area (Å²) in [6.07, 6.45) is -1.33. The van der Waals surface area contributed by atoms with Gasteiger partial charge < -0.3 is 9.67 Å². The van der Waals surface area contributed by atoms with Crippen LogP contribution in [0.4, 0.5) is 13.2 Å². The average molecular weight is 370 g/mol. The number of carboxylic acid groups (broad SMARTS) is 1. The van der Waals surface area contributed by atoms with Crippen molar-refractivity contribution in [3.05, 3.63) is 77.6 Å². The predicted octanol–water partition coefficient (Wildman–Crippen LogP) is 4.95. The van der Waals surface area contributed by atoms with E-state index in [1.54, 1.807) is 17.0 Å². The van der Waals surface area contributed by atoms with E-state index in [2.05, 4.69) is 4.98 Å². The van der Waals surface area contributed by atoms with Crippen LogP contribution in [0.5, 0.6) is 0 Å². The van der Waals surface area contributed by atoms with Crippen LogP contribution in [0.1, 0.15) is 21.5 Å². The van der Waals surface area contributed by atoms with E-state index in [1.807, 2.05) is 30.3 Å². The van der Waals surface area contributed by atoms with Crippen molar-refractivity contribution in [2.75, 3.05) is 0 Å². The standard InChI is InChI=1S/C20H13F3N2O2/c21-20(22,23)15-9-14-5-7-25(18(14)16(10-15)19(26)27)11-12-3-4-13-2-1-6-24-17(13)8-12/h1-10H,11H2,(H,26,27). The zero-order chi connectivity index (χ0) is 19.2. The molecule has 2 heterocycles. The lowest BCUT2D eigenvalue weighted by molar-refractivity contribution is -0.137. The molecule has 0 saturated carbocycles. The summed E-state index contributed by atoms with van der Waals surface area (Å²) in [5.74, 6) is -1.40. The number of nitrogens with zero attached hydrogens (tertiary/aromatic N) is 2. The van der Waals surface area contributed by atoms with Crippen LogP contribution in [0.25, 0.3) is 21.8 Å². The van der Waals surface area contributed by atoms with Gasteiger partial charge in [-0.25, -0.2) is 4.79 Å². The third-order valence-electron chi connectivity index (χ3n) is 4.44. The van der Waals surface area contributed by atoms with Crippen molar-refractivity contribution in [3.8, 4) is 0 Å². The van der Waals surface area contributed by atoms with Crippen molar-refractivity contribution in [1.29, 1.82) is 0 Å². The zero-order valence-corrected chi connectivity index (χ0v) is 13.9. The van der Waals surface area contributed by atoms with Crippen LogP contribution in [0.15, 0.2) is 60.9 Å². The van der Waals surface area contributed by atoms with E-state index in [0.717, 1.165) is 22.5 Å². The minimum Gasteiger partial charge on any atom is -0.478 e. The number of benzene rings is 2.